The quantitative estimate of drug-likeness (QED) is 0.897. The van der Waals surface area contributed by atoms with Crippen LogP contribution in [0.1, 0.15) is 13.8 Å². The maximum atomic E-state index is 12.1. The third-order valence-electron chi connectivity index (χ3n) is 3.46. The SMILES string of the molecule is CC(C)C(=O)Nc1ccc2c(c1)N(CCN(C)C)C(=O)CO2. The number of ether oxygens (including phenoxy) is 1. The van der Waals surface area contributed by atoms with Crippen molar-refractivity contribution >= 4 is 23.2 Å². The lowest BCUT2D eigenvalue weighted by atomic mass is 10.1. The highest BCUT2D eigenvalue weighted by atomic mass is 16.5. The number of carbonyl (C=O) groups excluding carboxylic acids is 2. The average molecular weight is 305 g/mol. The number of nitrogens with zero attached hydrogens (tertiary/aromatic N) is 2. The molecule has 6 nitrogen and oxygen atoms in total. The van der Waals surface area contributed by atoms with E-state index in [0.29, 0.717) is 23.7 Å². The first-order chi connectivity index (χ1) is 10.4. The fourth-order valence-electron chi connectivity index (χ4n) is 2.11. The first kappa shape index (κ1) is 16.3. The van der Waals surface area contributed by atoms with E-state index in [2.05, 4.69) is 5.32 Å². The monoisotopic (exact) mass is 305 g/mol. The Kier molecular flexibility index (Phi) is 5.03. The number of amides is 2. The summed E-state index contributed by atoms with van der Waals surface area (Å²) in [6.07, 6.45) is 0. The molecular weight excluding hydrogens is 282 g/mol. The van der Waals surface area contributed by atoms with E-state index >= 15 is 0 Å². The number of fused-ring (bicyclic) bond motifs is 1. The number of benzene rings is 1. The van der Waals surface area contributed by atoms with Gasteiger partial charge in [0.2, 0.25) is 5.91 Å². The molecule has 22 heavy (non-hydrogen) atoms. The van der Waals surface area contributed by atoms with Crippen LogP contribution in [-0.4, -0.2) is 50.5 Å². The van der Waals surface area contributed by atoms with Gasteiger partial charge in [0.1, 0.15) is 5.75 Å². The molecule has 1 aliphatic heterocycles. The average Bonchev–Trinajstić information content (AvgIpc) is 2.45. The molecule has 1 heterocycles. The Labute approximate surface area is 131 Å². The van der Waals surface area contributed by atoms with Gasteiger partial charge in [-0.3, -0.25) is 9.59 Å². The van der Waals surface area contributed by atoms with Crippen molar-refractivity contribution in [2.24, 2.45) is 5.92 Å². The fourth-order valence-corrected chi connectivity index (χ4v) is 2.11. The van der Waals surface area contributed by atoms with Crippen molar-refractivity contribution in [2.75, 3.05) is 44.0 Å². The zero-order chi connectivity index (χ0) is 16.3. The second-order valence-corrected chi connectivity index (χ2v) is 5.96. The number of hydrogen-bond acceptors (Lipinski definition) is 4. The molecule has 0 radical (unpaired) electrons. The predicted molar refractivity (Wildman–Crippen MR) is 86.3 cm³/mol. The standard InChI is InChI=1S/C16H23N3O3/c1-11(2)16(21)17-12-5-6-14-13(9-12)19(8-7-18(3)4)15(20)10-22-14/h5-6,9,11H,7-8,10H2,1-4H3,(H,17,21). The zero-order valence-corrected chi connectivity index (χ0v) is 13.5. The second kappa shape index (κ2) is 6.79. The topological polar surface area (TPSA) is 61.9 Å². The van der Waals surface area contributed by atoms with Gasteiger partial charge in [-0.2, -0.15) is 0 Å². The van der Waals surface area contributed by atoms with Gasteiger partial charge in [0, 0.05) is 24.7 Å². The molecule has 1 aromatic rings. The molecule has 2 rings (SSSR count). The normalized spacial score (nSPS) is 14.1. The van der Waals surface area contributed by atoms with E-state index in [0.717, 1.165) is 6.54 Å². The lowest BCUT2D eigenvalue weighted by molar-refractivity contribution is -0.121. The molecule has 1 N–H and O–H groups in total. The van der Waals surface area contributed by atoms with Crippen LogP contribution >= 0.6 is 0 Å². The molecule has 0 aliphatic carbocycles. The molecule has 6 heteroatoms. The van der Waals surface area contributed by atoms with E-state index < -0.39 is 0 Å². The summed E-state index contributed by atoms with van der Waals surface area (Å²) in [6, 6.07) is 5.38. The number of carbonyl (C=O) groups is 2. The highest BCUT2D eigenvalue weighted by Gasteiger charge is 2.25. The maximum absolute atomic E-state index is 12.1. The van der Waals surface area contributed by atoms with Crippen molar-refractivity contribution in [3.63, 3.8) is 0 Å². The summed E-state index contributed by atoms with van der Waals surface area (Å²) in [5, 5.41) is 2.85. The molecule has 0 spiro atoms. The van der Waals surface area contributed by atoms with E-state index in [9.17, 15) is 9.59 Å². The van der Waals surface area contributed by atoms with Crippen molar-refractivity contribution in [1.82, 2.24) is 4.90 Å². The van der Waals surface area contributed by atoms with Crippen LogP contribution in [0, 0.1) is 5.92 Å². The van der Waals surface area contributed by atoms with Crippen molar-refractivity contribution in [3.05, 3.63) is 18.2 Å². The van der Waals surface area contributed by atoms with Crippen LogP contribution in [0.15, 0.2) is 18.2 Å². The van der Waals surface area contributed by atoms with Gasteiger partial charge in [0.05, 0.1) is 5.69 Å². The largest absolute Gasteiger partial charge is 0.482 e. The molecule has 0 fully saturated rings. The van der Waals surface area contributed by atoms with Crippen LogP contribution in [0.4, 0.5) is 11.4 Å². The van der Waals surface area contributed by atoms with Crippen LogP contribution < -0.4 is 15.0 Å². The van der Waals surface area contributed by atoms with Crippen LogP contribution in [0.3, 0.4) is 0 Å². The Morgan fingerprint density at radius 3 is 2.77 bits per heavy atom. The summed E-state index contributed by atoms with van der Waals surface area (Å²) in [5.41, 5.74) is 1.38. The predicted octanol–water partition coefficient (Wildman–Crippen LogP) is 1.57. The molecule has 0 unspecified atom stereocenters. The molecule has 0 aromatic heterocycles. The minimum absolute atomic E-state index is 0.0529. The van der Waals surface area contributed by atoms with Gasteiger partial charge in [-0.1, -0.05) is 13.8 Å². The van der Waals surface area contributed by atoms with Gasteiger partial charge in [0.25, 0.3) is 5.91 Å². The number of nitrogens with one attached hydrogen (secondary N) is 1. The maximum Gasteiger partial charge on any atom is 0.265 e. The number of rotatable bonds is 5. The highest BCUT2D eigenvalue weighted by molar-refractivity contribution is 5.99. The molecule has 1 aromatic carbocycles. The highest BCUT2D eigenvalue weighted by Crippen LogP contribution is 2.34. The van der Waals surface area contributed by atoms with Crippen LogP contribution in [-0.2, 0) is 9.59 Å². The first-order valence-electron chi connectivity index (χ1n) is 7.41. The van der Waals surface area contributed by atoms with Gasteiger partial charge < -0.3 is 19.9 Å². The second-order valence-electron chi connectivity index (χ2n) is 5.96. The Bertz CT molecular complexity index is 570. The Morgan fingerprint density at radius 1 is 1.41 bits per heavy atom. The first-order valence-corrected chi connectivity index (χ1v) is 7.41. The Morgan fingerprint density at radius 2 is 2.14 bits per heavy atom. The fraction of sp³-hybridized carbons (Fsp3) is 0.500. The minimum Gasteiger partial charge on any atom is -0.482 e. The minimum atomic E-state index is -0.0984. The summed E-state index contributed by atoms with van der Waals surface area (Å²) in [4.78, 5) is 27.7. The Balaban J connectivity index is 2.23. The van der Waals surface area contributed by atoms with Crippen molar-refractivity contribution in [1.29, 1.82) is 0 Å². The van der Waals surface area contributed by atoms with Crippen LogP contribution in [0.25, 0.3) is 0 Å². The van der Waals surface area contributed by atoms with Gasteiger partial charge in [-0.25, -0.2) is 0 Å². The molecule has 0 bridgehead atoms. The number of likely N-dealkylation sites (N-methyl/N-ethyl adjacent to an activating group) is 1. The van der Waals surface area contributed by atoms with Crippen LogP contribution in [0.2, 0.25) is 0 Å². The molecule has 0 atom stereocenters. The molecule has 0 saturated heterocycles. The molecule has 120 valence electrons. The smallest absolute Gasteiger partial charge is 0.265 e. The van der Waals surface area contributed by atoms with E-state index in [1.165, 1.54) is 0 Å². The van der Waals surface area contributed by atoms with Gasteiger partial charge in [-0.15, -0.1) is 0 Å². The summed E-state index contributed by atoms with van der Waals surface area (Å²) in [7, 11) is 3.93. The third kappa shape index (κ3) is 3.76. The molecular formula is C16H23N3O3. The lowest BCUT2D eigenvalue weighted by Gasteiger charge is -2.30. The number of anilines is 2. The summed E-state index contributed by atoms with van der Waals surface area (Å²) < 4.78 is 5.46. The van der Waals surface area contributed by atoms with Crippen molar-refractivity contribution < 1.29 is 14.3 Å². The summed E-state index contributed by atoms with van der Waals surface area (Å²) >= 11 is 0. The van der Waals surface area contributed by atoms with Crippen LogP contribution in [0.5, 0.6) is 5.75 Å². The van der Waals surface area contributed by atoms with Gasteiger partial charge in [-0.05, 0) is 32.3 Å². The lowest BCUT2D eigenvalue weighted by Crippen LogP contribution is -2.42. The Hall–Kier alpha value is -2.08. The summed E-state index contributed by atoms with van der Waals surface area (Å²) in [5.74, 6) is 0.448. The van der Waals surface area contributed by atoms with Gasteiger partial charge in [0.15, 0.2) is 6.61 Å². The van der Waals surface area contributed by atoms with E-state index in [1.807, 2.05) is 32.8 Å². The molecule has 2 amide bonds. The van der Waals surface area contributed by atoms with E-state index in [-0.39, 0.29) is 24.3 Å². The van der Waals surface area contributed by atoms with Crippen molar-refractivity contribution in [3.8, 4) is 5.75 Å². The van der Waals surface area contributed by atoms with Crippen molar-refractivity contribution in [2.45, 2.75) is 13.8 Å². The van der Waals surface area contributed by atoms with Gasteiger partial charge >= 0.3 is 0 Å². The third-order valence-corrected chi connectivity index (χ3v) is 3.46. The number of hydrogen-bond donors (Lipinski definition) is 1. The van der Waals surface area contributed by atoms with E-state index in [4.69, 9.17) is 4.74 Å². The van der Waals surface area contributed by atoms with E-state index in [1.54, 1.807) is 23.1 Å². The zero-order valence-electron chi connectivity index (χ0n) is 13.5. The summed E-state index contributed by atoms with van der Waals surface area (Å²) in [6.45, 7) is 5.07. The molecule has 0 saturated carbocycles. The molecule has 1 aliphatic rings.